The number of ether oxygens (including phenoxy) is 1. The van der Waals surface area contributed by atoms with Crippen molar-refractivity contribution in [2.45, 2.75) is 51.3 Å². The van der Waals surface area contributed by atoms with E-state index >= 15 is 0 Å². The summed E-state index contributed by atoms with van der Waals surface area (Å²) in [4.78, 5) is 4.29. The topological polar surface area (TPSA) is 96.3 Å². The number of nitrogens with zero attached hydrogens (tertiary/aromatic N) is 3. The van der Waals surface area contributed by atoms with Gasteiger partial charge in [-0.1, -0.05) is 37.8 Å². The molecule has 0 spiro atoms. The SMILES string of the molecule is Cc1ccc(C(C)C)c(NC(S)NC(O)NCCC#Cc2ccc(-c3ncn(-c4ccc(OC(F)(F)F)cc4)n3)cc2)c1. The van der Waals surface area contributed by atoms with Crippen LogP contribution in [0.4, 0.5) is 18.9 Å². The molecule has 0 aliphatic carbocycles. The molecule has 3 aromatic carbocycles. The number of rotatable bonds is 11. The molecule has 0 fully saturated rings. The Hall–Kier alpha value is -4.02. The molecular formula is C31H33F3N6O2S. The van der Waals surface area contributed by atoms with E-state index in [1.54, 1.807) is 0 Å². The molecule has 1 aromatic heterocycles. The maximum absolute atomic E-state index is 12.4. The van der Waals surface area contributed by atoms with Gasteiger partial charge in [0.25, 0.3) is 0 Å². The fourth-order valence-electron chi connectivity index (χ4n) is 4.15. The lowest BCUT2D eigenvalue weighted by Gasteiger charge is -2.23. The number of aromatic nitrogens is 3. The van der Waals surface area contributed by atoms with Crippen molar-refractivity contribution in [1.82, 2.24) is 25.4 Å². The van der Waals surface area contributed by atoms with Gasteiger partial charge in [0.1, 0.15) is 17.6 Å². The predicted octanol–water partition coefficient (Wildman–Crippen LogP) is 5.79. The molecule has 2 unspecified atom stereocenters. The van der Waals surface area contributed by atoms with E-state index in [1.165, 1.54) is 40.8 Å². The van der Waals surface area contributed by atoms with E-state index in [1.807, 2.05) is 31.2 Å². The summed E-state index contributed by atoms with van der Waals surface area (Å²) >= 11 is 4.51. The minimum Gasteiger partial charge on any atom is -0.406 e. The summed E-state index contributed by atoms with van der Waals surface area (Å²) in [6.45, 7) is 6.75. The van der Waals surface area contributed by atoms with Crippen LogP contribution in [0.15, 0.2) is 73.1 Å². The van der Waals surface area contributed by atoms with E-state index in [-0.39, 0.29) is 5.75 Å². The Morgan fingerprint density at radius 1 is 1.05 bits per heavy atom. The highest BCUT2D eigenvalue weighted by atomic mass is 32.1. The van der Waals surface area contributed by atoms with Gasteiger partial charge in [0.2, 0.25) is 0 Å². The Morgan fingerprint density at radius 2 is 1.77 bits per heavy atom. The zero-order valence-corrected chi connectivity index (χ0v) is 24.7. The molecule has 0 saturated heterocycles. The van der Waals surface area contributed by atoms with E-state index < -0.39 is 18.2 Å². The van der Waals surface area contributed by atoms with Crippen LogP contribution in [0.2, 0.25) is 0 Å². The molecule has 0 bridgehead atoms. The molecule has 1 heterocycles. The van der Waals surface area contributed by atoms with Crippen LogP contribution in [0.1, 0.15) is 42.9 Å². The molecule has 8 nitrogen and oxygen atoms in total. The number of aliphatic hydroxyl groups is 1. The molecule has 0 amide bonds. The highest BCUT2D eigenvalue weighted by Gasteiger charge is 2.31. The molecule has 43 heavy (non-hydrogen) atoms. The summed E-state index contributed by atoms with van der Waals surface area (Å²) in [7, 11) is 0. The van der Waals surface area contributed by atoms with Crippen molar-refractivity contribution in [1.29, 1.82) is 0 Å². The van der Waals surface area contributed by atoms with Crippen LogP contribution in [0, 0.1) is 18.8 Å². The van der Waals surface area contributed by atoms with Gasteiger partial charge in [-0.25, -0.2) is 9.67 Å². The molecule has 4 N–H and O–H groups in total. The largest absolute Gasteiger partial charge is 0.573 e. The number of anilines is 1. The highest BCUT2D eigenvalue weighted by molar-refractivity contribution is 7.81. The molecular weight excluding hydrogens is 577 g/mol. The van der Waals surface area contributed by atoms with Crippen molar-refractivity contribution < 1.29 is 23.0 Å². The van der Waals surface area contributed by atoms with Gasteiger partial charge in [-0.3, -0.25) is 10.6 Å². The highest BCUT2D eigenvalue weighted by Crippen LogP contribution is 2.26. The van der Waals surface area contributed by atoms with Crippen LogP contribution >= 0.6 is 12.6 Å². The van der Waals surface area contributed by atoms with Crippen molar-refractivity contribution >= 4 is 18.3 Å². The number of alkyl halides is 3. The number of aliphatic hydroxyl groups excluding tert-OH is 1. The minimum atomic E-state index is -4.75. The Labute approximate surface area is 254 Å². The zero-order chi connectivity index (χ0) is 31.0. The number of hydrogen-bond acceptors (Lipinski definition) is 8. The van der Waals surface area contributed by atoms with Gasteiger partial charge in [0.05, 0.1) is 5.69 Å². The number of benzene rings is 3. The Bertz CT molecular complexity index is 1550. The van der Waals surface area contributed by atoms with Crippen molar-refractivity contribution in [2.24, 2.45) is 0 Å². The van der Waals surface area contributed by atoms with Gasteiger partial charge in [-0.2, -0.15) is 0 Å². The van der Waals surface area contributed by atoms with Crippen LogP contribution in [0.25, 0.3) is 17.1 Å². The fraction of sp³-hybridized carbons (Fsp3) is 0.290. The summed E-state index contributed by atoms with van der Waals surface area (Å²) in [5.41, 5.74) is 4.93. The first-order valence-electron chi connectivity index (χ1n) is 13.6. The summed E-state index contributed by atoms with van der Waals surface area (Å²) in [5, 5.41) is 23.9. The van der Waals surface area contributed by atoms with Crippen molar-refractivity contribution in [3.63, 3.8) is 0 Å². The van der Waals surface area contributed by atoms with Crippen LogP contribution in [0.3, 0.4) is 0 Å². The first-order valence-corrected chi connectivity index (χ1v) is 14.1. The van der Waals surface area contributed by atoms with Crippen LogP contribution < -0.4 is 20.7 Å². The zero-order valence-electron chi connectivity index (χ0n) is 23.9. The van der Waals surface area contributed by atoms with E-state index in [2.05, 4.69) is 87.3 Å². The normalized spacial score (nSPS) is 12.9. The summed E-state index contributed by atoms with van der Waals surface area (Å²) in [6, 6.07) is 19.0. The molecule has 226 valence electrons. The van der Waals surface area contributed by atoms with E-state index in [4.69, 9.17) is 0 Å². The fourth-order valence-corrected chi connectivity index (χ4v) is 4.44. The maximum atomic E-state index is 12.4. The average molecular weight is 611 g/mol. The van der Waals surface area contributed by atoms with Crippen LogP contribution in [-0.4, -0.2) is 44.6 Å². The van der Waals surface area contributed by atoms with Gasteiger partial charge >= 0.3 is 6.36 Å². The molecule has 12 heteroatoms. The average Bonchev–Trinajstić information content (AvgIpc) is 3.43. The smallest absolute Gasteiger partial charge is 0.406 e. The first kappa shape index (κ1) is 31.9. The third kappa shape index (κ3) is 9.76. The third-order valence-electron chi connectivity index (χ3n) is 6.23. The molecule has 4 aromatic rings. The van der Waals surface area contributed by atoms with Gasteiger partial charge in [0, 0.05) is 29.8 Å². The molecule has 0 saturated carbocycles. The van der Waals surface area contributed by atoms with Crippen LogP contribution in [0.5, 0.6) is 5.75 Å². The minimum absolute atomic E-state index is 0.311. The number of hydrogen-bond donors (Lipinski definition) is 5. The Morgan fingerprint density at radius 3 is 2.44 bits per heavy atom. The standard InChI is InChI=1S/C31H33F3N6O2S/c1-20(2)26-16-7-21(3)18-27(26)37-30(43)38-29(41)35-17-5-4-6-22-8-10-23(11-9-22)28-36-19-40(39-28)24-12-14-25(15-13-24)42-31(32,33)34/h7-16,18-20,29-30,35,37-38,41,43H,5,17H2,1-3H3. The lowest BCUT2D eigenvalue weighted by molar-refractivity contribution is -0.274. The molecule has 0 radical (unpaired) electrons. The molecule has 2 atom stereocenters. The van der Waals surface area contributed by atoms with Crippen molar-refractivity contribution in [3.05, 3.63) is 89.7 Å². The number of halogens is 3. The van der Waals surface area contributed by atoms with Crippen molar-refractivity contribution in [3.8, 4) is 34.7 Å². The quantitative estimate of drug-likeness (QED) is 0.0636. The van der Waals surface area contributed by atoms with Crippen LogP contribution in [-0.2, 0) is 0 Å². The van der Waals surface area contributed by atoms with Gasteiger partial charge < -0.3 is 15.2 Å². The van der Waals surface area contributed by atoms with Crippen molar-refractivity contribution in [2.75, 3.05) is 11.9 Å². The van der Waals surface area contributed by atoms with E-state index in [0.29, 0.717) is 30.4 Å². The maximum Gasteiger partial charge on any atom is 0.573 e. The molecule has 0 aliphatic rings. The molecule has 4 rings (SSSR count). The second-order valence-corrected chi connectivity index (χ2v) is 10.5. The van der Waals surface area contributed by atoms with Gasteiger partial charge in [0.15, 0.2) is 12.2 Å². The monoisotopic (exact) mass is 610 g/mol. The first-order chi connectivity index (χ1) is 20.5. The second-order valence-electron chi connectivity index (χ2n) is 10.00. The number of nitrogens with one attached hydrogen (secondary N) is 3. The Kier molecular flexibility index (Phi) is 10.7. The second kappa shape index (κ2) is 14.4. The van der Waals surface area contributed by atoms with Gasteiger partial charge in [-0.05, 0) is 78.6 Å². The summed E-state index contributed by atoms with van der Waals surface area (Å²) < 4.78 is 42.5. The lowest BCUT2D eigenvalue weighted by Crippen LogP contribution is -2.48. The third-order valence-corrected chi connectivity index (χ3v) is 6.51. The predicted molar refractivity (Wildman–Crippen MR) is 164 cm³/mol. The van der Waals surface area contributed by atoms with E-state index in [9.17, 15) is 18.3 Å². The molecule has 0 aliphatic heterocycles. The van der Waals surface area contributed by atoms with E-state index in [0.717, 1.165) is 22.4 Å². The van der Waals surface area contributed by atoms with Gasteiger partial charge in [-0.15, -0.1) is 30.9 Å². The summed E-state index contributed by atoms with van der Waals surface area (Å²) in [5.74, 6) is 6.66. The Balaban J connectivity index is 1.23. The summed E-state index contributed by atoms with van der Waals surface area (Å²) in [6.07, 6.45) is -3.72. The number of aryl methyl sites for hydroxylation is 1. The lowest BCUT2D eigenvalue weighted by atomic mass is 9.99. The number of thiol groups is 1.